The number of hydrogen-bond acceptors (Lipinski definition) is 4. The van der Waals surface area contributed by atoms with Crippen LogP contribution in [0.1, 0.15) is 45.4 Å². The molecule has 19 heavy (non-hydrogen) atoms. The molecule has 0 atom stereocenters. The molecule has 112 valence electrons. The number of carbonyl (C=O) groups excluding carboxylic acids is 1. The first-order valence-corrected chi connectivity index (χ1v) is 7.53. The van der Waals surface area contributed by atoms with Crippen molar-refractivity contribution in [3.63, 3.8) is 0 Å². The fourth-order valence-electron chi connectivity index (χ4n) is 2.07. The van der Waals surface area contributed by atoms with Gasteiger partial charge >= 0.3 is 0 Å². The summed E-state index contributed by atoms with van der Waals surface area (Å²) in [5, 5.41) is 0. The monoisotopic (exact) mass is 272 g/mol. The Kier molecular flexibility index (Phi) is 9.67. The van der Waals surface area contributed by atoms with Crippen molar-refractivity contribution < 1.29 is 14.4 Å². The molecule has 0 spiro atoms. The van der Waals surface area contributed by atoms with Crippen LogP contribution in [0.15, 0.2) is 0 Å². The number of rotatable bonds is 10. The van der Waals surface area contributed by atoms with E-state index in [2.05, 4.69) is 17.3 Å². The van der Waals surface area contributed by atoms with Gasteiger partial charge in [0, 0.05) is 26.1 Å². The van der Waals surface area contributed by atoms with E-state index < -0.39 is 0 Å². The number of morpholine rings is 1. The van der Waals surface area contributed by atoms with E-state index in [0.717, 1.165) is 45.7 Å². The normalized spacial score (nSPS) is 16.5. The second-order valence-electron chi connectivity index (χ2n) is 4.99. The molecule has 0 aliphatic carbocycles. The largest absolute Gasteiger partial charge is 0.379 e. The first-order chi connectivity index (χ1) is 9.33. The standard InChI is InChI=1S/C14H28N2O3/c1-2-3-4-5-6-7-14(17)15-19-13-10-16-8-11-18-12-9-16/h2-13H2,1H3,(H,15,17). The number of nitrogens with zero attached hydrogens (tertiary/aromatic N) is 1. The quantitative estimate of drug-likeness (QED) is 0.486. The SMILES string of the molecule is CCCCCCCC(=O)NOCCN1CCOCC1. The Morgan fingerprint density at radius 3 is 2.68 bits per heavy atom. The maximum atomic E-state index is 11.5. The smallest absolute Gasteiger partial charge is 0.243 e. The van der Waals surface area contributed by atoms with Crippen LogP contribution < -0.4 is 5.48 Å². The lowest BCUT2D eigenvalue weighted by Crippen LogP contribution is -2.39. The summed E-state index contributed by atoms with van der Waals surface area (Å²) in [7, 11) is 0. The van der Waals surface area contributed by atoms with E-state index in [9.17, 15) is 4.79 Å². The van der Waals surface area contributed by atoms with Gasteiger partial charge in [-0.3, -0.25) is 14.5 Å². The van der Waals surface area contributed by atoms with Crippen LogP contribution in [0.4, 0.5) is 0 Å². The van der Waals surface area contributed by atoms with Crippen molar-refractivity contribution >= 4 is 5.91 Å². The lowest BCUT2D eigenvalue weighted by atomic mass is 10.1. The fraction of sp³-hybridized carbons (Fsp3) is 0.929. The van der Waals surface area contributed by atoms with Gasteiger partial charge in [0.25, 0.3) is 0 Å². The van der Waals surface area contributed by atoms with Crippen molar-refractivity contribution in [3.05, 3.63) is 0 Å². The maximum Gasteiger partial charge on any atom is 0.243 e. The van der Waals surface area contributed by atoms with Crippen LogP contribution in [0.3, 0.4) is 0 Å². The van der Waals surface area contributed by atoms with Gasteiger partial charge in [-0.2, -0.15) is 0 Å². The zero-order valence-electron chi connectivity index (χ0n) is 12.2. The lowest BCUT2D eigenvalue weighted by Gasteiger charge is -2.26. The van der Waals surface area contributed by atoms with E-state index in [1.807, 2.05) is 0 Å². The highest BCUT2D eigenvalue weighted by Gasteiger charge is 2.09. The molecule has 0 bridgehead atoms. The Morgan fingerprint density at radius 2 is 1.95 bits per heavy atom. The van der Waals surface area contributed by atoms with Gasteiger partial charge in [-0.05, 0) is 6.42 Å². The minimum absolute atomic E-state index is 0.00141. The Morgan fingerprint density at radius 1 is 1.21 bits per heavy atom. The second kappa shape index (κ2) is 11.2. The topological polar surface area (TPSA) is 50.8 Å². The number of hydroxylamine groups is 1. The molecule has 1 N–H and O–H groups in total. The summed E-state index contributed by atoms with van der Waals surface area (Å²) in [6.07, 6.45) is 6.38. The van der Waals surface area contributed by atoms with Crippen molar-refractivity contribution in [1.82, 2.24) is 10.4 Å². The molecular weight excluding hydrogens is 244 g/mol. The molecule has 0 unspecified atom stereocenters. The Bertz CT molecular complexity index is 231. The lowest BCUT2D eigenvalue weighted by molar-refractivity contribution is -0.134. The van der Waals surface area contributed by atoms with Crippen molar-refractivity contribution in [1.29, 1.82) is 0 Å². The van der Waals surface area contributed by atoms with Gasteiger partial charge in [0.1, 0.15) is 0 Å². The van der Waals surface area contributed by atoms with Crippen LogP contribution in [0, 0.1) is 0 Å². The summed E-state index contributed by atoms with van der Waals surface area (Å²) in [6.45, 7) is 7.08. The third-order valence-corrected chi connectivity index (χ3v) is 3.31. The summed E-state index contributed by atoms with van der Waals surface area (Å²) in [5.41, 5.74) is 2.52. The average Bonchev–Trinajstić information content (AvgIpc) is 2.44. The predicted octanol–water partition coefficient (Wildman–Crippen LogP) is 1.73. The highest BCUT2D eigenvalue weighted by Crippen LogP contribution is 2.04. The van der Waals surface area contributed by atoms with E-state index in [1.54, 1.807) is 0 Å². The molecule has 5 heteroatoms. The van der Waals surface area contributed by atoms with Crippen molar-refractivity contribution in [3.8, 4) is 0 Å². The van der Waals surface area contributed by atoms with Crippen LogP contribution >= 0.6 is 0 Å². The second-order valence-corrected chi connectivity index (χ2v) is 4.99. The molecule has 0 aromatic rings. The zero-order valence-corrected chi connectivity index (χ0v) is 12.2. The van der Waals surface area contributed by atoms with Gasteiger partial charge in [-0.25, -0.2) is 5.48 Å². The molecule has 5 nitrogen and oxygen atoms in total. The van der Waals surface area contributed by atoms with Crippen LogP contribution in [-0.2, 0) is 14.4 Å². The molecule has 1 fully saturated rings. The highest BCUT2D eigenvalue weighted by molar-refractivity contribution is 5.74. The number of unbranched alkanes of at least 4 members (excludes halogenated alkanes) is 4. The number of amides is 1. The summed E-state index contributed by atoms with van der Waals surface area (Å²) in [6, 6.07) is 0. The van der Waals surface area contributed by atoms with Crippen molar-refractivity contribution in [2.24, 2.45) is 0 Å². The Labute approximate surface area is 116 Å². The molecule has 1 aliphatic heterocycles. The highest BCUT2D eigenvalue weighted by atomic mass is 16.7. The first-order valence-electron chi connectivity index (χ1n) is 7.53. The Balaban J connectivity index is 1.86. The van der Waals surface area contributed by atoms with Crippen molar-refractivity contribution in [2.45, 2.75) is 45.4 Å². The van der Waals surface area contributed by atoms with Gasteiger partial charge in [0.15, 0.2) is 0 Å². The van der Waals surface area contributed by atoms with E-state index in [4.69, 9.17) is 9.57 Å². The van der Waals surface area contributed by atoms with E-state index in [1.165, 1.54) is 19.3 Å². The minimum Gasteiger partial charge on any atom is -0.379 e. The van der Waals surface area contributed by atoms with Gasteiger partial charge in [-0.1, -0.05) is 32.6 Å². The van der Waals surface area contributed by atoms with E-state index >= 15 is 0 Å². The summed E-state index contributed by atoms with van der Waals surface area (Å²) >= 11 is 0. The number of nitrogens with one attached hydrogen (secondary N) is 1. The van der Waals surface area contributed by atoms with Gasteiger partial charge in [0.05, 0.1) is 19.8 Å². The maximum absolute atomic E-state index is 11.5. The molecule has 1 heterocycles. The van der Waals surface area contributed by atoms with E-state index in [-0.39, 0.29) is 5.91 Å². The van der Waals surface area contributed by atoms with Gasteiger partial charge in [0.2, 0.25) is 5.91 Å². The fourth-order valence-corrected chi connectivity index (χ4v) is 2.07. The van der Waals surface area contributed by atoms with Gasteiger partial charge in [-0.15, -0.1) is 0 Å². The predicted molar refractivity (Wildman–Crippen MR) is 74.7 cm³/mol. The molecule has 1 rings (SSSR count). The van der Waals surface area contributed by atoms with Crippen molar-refractivity contribution in [2.75, 3.05) is 39.5 Å². The number of ether oxygens (including phenoxy) is 1. The summed E-state index contributed by atoms with van der Waals surface area (Å²) in [5.74, 6) is -0.00141. The summed E-state index contributed by atoms with van der Waals surface area (Å²) in [4.78, 5) is 18.9. The molecule has 1 aliphatic rings. The molecule has 0 aromatic carbocycles. The molecule has 1 saturated heterocycles. The van der Waals surface area contributed by atoms with Gasteiger partial charge < -0.3 is 4.74 Å². The Hall–Kier alpha value is -0.650. The third kappa shape index (κ3) is 8.97. The summed E-state index contributed by atoms with van der Waals surface area (Å²) < 4.78 is 5.26. The van der Waals surface area contributed by atoms with Crippen LogP contribution in [0.5, 0.6) is 0 Å². The van der Waals surface area contributed by atoms with Crippen LogP contribution in [0.2, 0.25) is 0 Å². The zero-order chi connectivity index (χ0) is 13.8. The number of hydrogen-bond donors (Lipinski definition) is 1. The molecular formula is C14H28N2O3. The van der Waals surface area contributed by atoms with Crippen LogP contribution in [0.25, 0.3) is 0 Å². The molecule has 0 saturated carbocycles. The third-order valence-electron chi connectivity index (χ3n) is 3.31. The molecule has 0 aromatic heterocycles. The first kappa shape index (κ1) is 16.4. The molecule has 0 radical (unpaired) electrons. The minimum atomic E-state index is -0.00141. The molecule has 1 amide bonds. The van der Waals surface area contributed by atoms with E-state index in [0.29, 0.717) is 13.0 Å². The average molecular weight is 272 g/mol. The van der Waals surface area contributed by atoms with Crippen LogP contribution in [-0.4, -0.2) is 50.3 Å². The number of carbonyl (C=O) groups is 1.